The van der Waals surface area contributed by atoms with Crippen LogP contribution < -0.4 is 5.32 Å². The molecule has 0 fully saturated rings. The van der Waals surface area contributed by atoms with Gasteiger partial charge in [0.25, 0.3) is 5.69 Å². The Balaban J connectivity index is 2.57. The average Bonchev–Trinajstić information content (AvgIpc) is 2.26. The fourth-order valence-corrected chi connectivity index (χ4v) is 1.10. The quantitative estimate of drug-likeness (QED) is 0.459. The van der Waals surface area contributed by atoms with Crippen LogP contribution in [-0.4, -0.2) is 16.6 Å². The monoisotopic (exact) mass is 226 g/mol. The number of amides is 1. The summed E-state index contributed by atoms with van der Waals surface area (Å²) in [6.45, 7) is 0.359. The molecule has 1 aromatic carbocycles. The fourth-order valence-electron chi connectivity index (χ4n) is 0.992. The second kappa shape index (κ2) is 5.35. The van der Waals surface area contributed by atoms with E-state index in [1.54, 1.807) is 12.1 Å². The fraction of sp³-hybridized carbons (Fsp3) is 0.222. The molecule has 6 heteroatoms. The van der Waals surface area contributed by atoms with E-state index in [4.69, 9.17) is 0 Å². The molecule has 0 aliphatic carbocycles. The van der Waals surface area contributed by atoms with Gasteiger partial charge in [-0.2, -0.15) is 12.6 Å². The lowest BCUT2D eigenvalue weighted by atomic mass is 10.2. The van der Waals surface area contributed by atoms with Crippen LogP contribution in [-0.2, 0) is 11.3 Å². The van der Waals surface area contributed by atoms with E-state index in [0.717, 1.165) is 5.56 Å². The van der Waals surface area contributed by atoms with E-state index in [-0.39, 0.29) is 17.3 Å². The van der Waals surface area contributed by atoms with E-state index in [1.807, 2.05) is 0 Å². The van der Waals surface area contributed by atoms with Crippen LogP contribution in [0.5, 0.6) is 0 Å². The maximum absolute atomic E-state index is 10.9. The molecule has 0 saturated heterocycles. The third-order valence-corrected chi connectivity index (χ3v) is 2.07. The van der Waals surface area contributed by atoms with E-state index < -0.39 is 4.92 Å². The van der Waals surface area contributed by atoms with Crippen molar-refractivity contribution in [2.45, 2.75) is 6.54 Å². The molecular formula is C9H10N2O3S. The highest BCUT2D eigenvalue weighted by Crippen LogP contribution is 2.11. The van der Waals surface area contributed by atoms with E-state index in [2.05, 4.69) is 17.9 Å². The first kappa shape index (κ1) is 11.5. The first-order valence-electron chi connectivity index (χ1n) is 4.24. The van der Waals surface area contributed by atoms with Gasteiger partial charge in [-0.1, -0.05) is 12.1 Å². The topological polar surface area (TPSA) is 72.2 Å². The van der Waals surface area contributed by atoms with Crippen molar-refractivity contribution in [2.24, 2.45) is 0 Å². The van der Waals surface area contributed by atoms with Crippen LogP contribution in [0.1, 0.15) is 5.56 Å². The molecule has 0 aromatic heterocycles. The normalized spacial score (nSPS) is 9.67. The van der Waals surface area contributed by atoms with Gasteiger partial charge in [-0.3, -0.25) is 14.9 Å². The Morgan fingerprint density at radius 1 is 1.40 bits per heavy atom. The van der Waals surface area contributed by atoms with Crippen LogP contribution in [0, 0.1) is 10.1 Å². The Hall–Kier alpha value is -1.56. The Kier molecular flexibility index (Phi) is 4.11. The molecule has 80 valence electrons. The number of nitro benzene ring substituents is 1. The summed E-state index contributed by atoms with van der Waals surface area (Å²) in [6, 6.07) is 6.03. The smallest absolute Gasteiger partial charge is 0.269 e. The third kappa shape index (κ3) is 3.59. The van der Waals surface area contributed by atoms with Crippen molar-refractivity contribution in [1.29, 1.82) is 0 Å². The standard InChI is InChI=1S/C9H10N2O3S/c12-9(6-15)10-5-7-1-3-8(4-2-7)11(13)14/h1-4,15H,5-6H2,(H,10,12). The zero-order valence-electron chi connectivity index (χ0n) is 7.84. The van der Waals surface area contributed by atoms with Crippen LogP contribution in [0.25, 0.3) is 0 Å². The second-order valence-corrected chi connectivity index (χ2v) is 3.17. The molecule has 0 atom stereocenters. The van der Waals surface area contributed by atoms with Gasteiger partial charge in [0, 0.05) is 18.7 Å². The Labute approximate surface area is 92.0 Å². The zero-order chi connectivity index (χ0) is 11.3. The molecule has 0 bridgehead atoms. The van der Waals surface area contributed by atoms with Crippen molar-refractivity contribution in [3.8, 4) is 0 Å². The number of carbonyl (C=O) groups excluding carboxylic acids is 1. The second-order valence-electron chi connectivity index (χ2n) is 2.86. The van der Waals surface area contributed by atoms with Crippen molar-refractivity contribution in [3.63, 3.8) is 0 Å². The lowest BCUT2D eigenvalue weighted by Crippen LogP contribution is -2.23. The maximum atomic E-state index is 10.9. The van der Waals surface area contributed by atoms with Crippen LogP contribution >= 0.6 is 12.6 Å². The van der Waals surface area contributed by atoms with Gasteiger partial charge in [0.1, 0.15) is 0 Å². The minimum atomic E-state index is -0.462. The van der Waals surface area contributed by atoms with Crippen molar-refractivity contribution in [3.05, 3.63) is 39.9 Å². The molecule has 0 heterocycles. The molecule has 5 nitrogen and oxygen atoms in total. The molecular weight excluding hydrogens is 216 g/mol. The number of nitro groups is 1. The molecule has 1 N–H and O–H groups in total. The highest BCUT2D eigenvalue weighted by atomic mass is 32.1. The number of non-ortho nitro benzene ring substituents is 1. The van der Waals surface area contributed by atoms with Crippen molar-refractivity contribution >= 4 is 24.2 Å². The molecule has 0 spiro atoms. The number of carbonyl (C=O) groups is 1. The number of rotatable bonds is 4. The predicted octanol–water partition coefficient (Wildman–Crippen LogP) is 1.14. The minimum absolute atomic E-state index is 0.0410. The van der Waals surface area contributed by atoms with Crippen molar-refractivity contribution in [1.82, 2.24) is 5.32 Å². The van der Waals surface area contributed by atoms with Gasteiger partial charge in [0.05, 0.1) is 10.7 Å². The summed E-state index contributed by atoms with van der Waals surface area (Å²) in [4.78, 5) is 20.8. The molecule has 0 unspecified atom stereocenters. The zero-order valence-corrected chi connectivity index (χ0v) is 8.74. The van der Waals surface area contributed by atoms with Crippen LogP contribution in [0.4, 0.5) is 5.69 Å². The van der Waals surface area contributed by atoms with Gasteiger partial charge in [-0.05, 0) is 5.56 Å². The maximum Gasteiger partial charge on any atom is 0.269 e. The van der Waals surface area contributed by atoms with Gasteiger partial charge < -0.3 is 5.32 Å². The number of benzene rings is 1. The highest BCUT2D eigenvalue weighted by molar-refractivity contribution is 7.81. The summed E-state index contributed by atoms with van der Waals surface area (Å²) in [5.74, 6) is -0.0378. The van der Waals surface area contributed by atoms with Gasteiger partial charge >= 0.3 is 0 Å². The first-order valence-corrected chi connectivity index (χ1v) is 4.87. The van der Waals surface area contributed by atoms with E-state index in [0.29, 0.717) is 6.54 Å². The third-order valence-electron chi connectivity index (χ3n) is 1.78. The summed E-state index contributed by atoms with van der Waals surface area (Å²) < 4.78 is 0. The molecule has 1 aromatic rings. The van der Waals surface area contributed by atoms with E-state index >= 15 is 0 Å². The molecule has 0 saturated carbocycles. The molecule has 1 rings (SSSR count). The lowest BCUT2D eigenvalue weighted by Gasteiger charge is -2.02. The molecule has 1 amide bonds. The van der Waals surface area contributed by atoms with Gasteiger partial charge in [0.15, 0.2) is 0 Å². The van der Waals surface area contributed by atoms with Gasteiger partial charge in [0.2, 0.25) is 5.91 Å². The Morgan fingerprint density at radius 2 is 2.00 bits per heavy atom. The largest absolute Gasteiger partial charge is 0.351 e. The van der Waals surface area contributed by atoms with E-state index in [1.165, 1.54) is 12.1 Å². The van der Waals surface area contributed by atoms with Crippen LogP contribution in [0.15, 0.2) is 24.3 Å². The number of nitrogens with one attached hydrogen (secondary N) is 1. The van der Waals surface area contributed by atoms with Crippen LogP contribution in [0.3, 0.4) is 0 Å². The van der Waals surface area contributed by atoms with Gasteiger partial charge in [-0.25, -0.2) is 0 Å². The highest BCUT2D eigenvalue weighted by Gasteiger charge is 2.04. The van der Waals surface area contributed by atoms with Gasteiger partial charge in [-0.15, -0.1) is 0 Å². The number of nitrogens with zero attached hydrogens (tertiary/aromatic N) is 1. The molecule has 0 aliphatic heterocycles. The number of hydrogen-bond donors (Lipinski definition) is 2. The lowest BCUT2D eigenvalue weighted by molar-refractivity contribution is -0.384. The Bertz CT molecular complexity index is 364. The summed E-state index contributed by atoms with van der Waals surface area (Å²) in [5, 5.41) is 13.0. The summed E-state index contributed by atoms with van der Waals surface area (Å²) in [5.41, 5.74) is 0.856. The molecule has 0 aliphatic rings. The molecule has 15 heavy (non-hydrogen) atoms. The van der Waals surface area contributed by atoms with Crippen LogP contribution in [0.2, 0.25) is 0 Å². The van der Waals surface area contributed by atoms with Crippen molar-refractivity contribution in [2.75, 3.05) is 5.75 Å². The summed E-state index contributed by atoms with van der Waals surface area (Å²) in [7, 11) is 0. The summed E-state index contributed by atoms with van der Waals surface area (Å²) in [6.07, 6.45) is 0. The number of hydrogen-bond acceptors (Lipinski definition) is 4. The first-order chi connectivity index (χ1) is 7.13. The van der Waals surface area contributed by atoms with Crippen molar-refractivity contribution < 1.29 is 9.72 Å². The average molecular weight is 226 g/mol. The minimum Gasteiger partial charge on any atom is -0.351 e. The summed E-state index contributed by atoms with van der Waals surface area (Å²) >= 11 is 3.80. The SMILES string of the molecule is O=C(CS)NCc1ccc([N+](=O)[O-])cc1. The Morgan fingerprint density at radius 3 is 2.47 bits per heavy atom. The molecule has 0 radical (unpaired) electrons. The predicted molar refractivity (Wildman–Crippen MR) is 58.8 cm³/mol. The number of thiol groups is 1. The van der Waals surface area contributed by atoms with E-state index in [9.17, 15) is 14.9 Å².